The lowest BCUT2D eigenvalue weighted by Gasteiger charge is -2.28. The van der Waals surface area contributed by atoms with Crippen molar-refractivity contribution in [3.63, 3.8) is 0 Å². The van der Waals surface area contributed by atoms with E-state index in [1.807, 2.05) is 53.9 Å². The average Bonchev–Trinajstić information content (AvgIpc) is 3.27. The van der Waals surface area contributed by atoms with Crippen molar-refractivity contribution in [3.8, 4) is 5.75 Å². The maximum absolute atomic E-state index is 13.3. The van der Waals surface area contributed by atoms with Crippen LogP contribution in [-0.2, 0) is 16.0 Å². The highest BCUT2D eigenvalue weighted by atomic mass is 32.1. The van der Waals surface area contributed by atoms with E-state index in [9.17, 15) is 9.59 Å². The van der Waals surface area contributed by atoms with Gasteiger partial charge in [0.05, 0.1) is 13.5 Å². The first-order valence-corrected chi connectivity index (χ1v) is 11.1. The fourth-order valence-corrected chi connectivity index (χ4v) is 4.03. The lowest BCUT2D eigenvalue weighted by Crippen LogP contribution is -2.39. The van der Waals surface area contributed by atoms with Crippen LogP contribution in [0, 0.1) is 0 Å². The summed E-state index contributed by atoms with van der Waals surface area (Å²) < 4.78 is 5.23. The van der Waals surface area contributed by atoms with E-state index in [0.29, 0.717) is 17.4 Å². The number of nitrogens with zero attached hydrogens (tertiary/aromatic N) is 1. The molecule has 0 fully saturated rings. The van der Waals surface area contributed by atoms with Crippen molar-refractivity contribution >= 4 is 28.8 Å². The van der Waals surface area contributed by atoms with Crippen LogP contribution in [0.2, 0.25) is 0 Å². The molecule has 3 aromatic rings. The lowest BCUT2D eigenvalue weighted by molar-refractivity contribution is -0.136. The van der Waals surface area contributed by atoms with Gasteiger partial charge in [0.1, 0.15) is 11.8 Å². The van der Waals surface area contributed by atoms with Gasteiger partial charge in [-0.1, -0.05) is 44.2 Å². The summed E-state index contributed by atoms with van der Waals surface area (Å²) in [6, 6.07) is 18.1. The Morgan fingerprint density at radius 3 is 2.19 bits per heavy atom. The second-order valence-electron chi connectivity index (χ2n) is 7.70. The molecule has 0 saturated heterocycles. The Morgan fingerprint density at radius 2 is 1.65 bits per heavy atom. The van der Waals surface area contributed by atoms with Crippen LogP contribution < -0.4 is 10.1 Å². The van der Waals surface area contributed by atoms with Crippen LogP contribution >= 0.6 is 11.3 Å². The zero-order valence-electron chi connectivity index (χ0n) is 18.3. The second kappa shape index (κ2) is 10.3. The number of hydrogen-bond acceptors (Lipinski definition) is 4. The number of benzene rings is 2. The average molecular weight is 437 g/mol. The summed E-state index contributed by atoms with van der Waals surface area (Å²) in [5, 5.41) is 4.91. The van der Waals surface area contributed by atoms with E-state index < -0.39 is 6.04 Å². The molecule has 1 aromatic heterocycles. The first kappa shape index (κ1) is 22.6. The molecule has 2 amide bonds. The van der Waals surface area contributed by atoms with Crippen LogP contribution in [0.1, 0.15) is 41.8 Å². The molecule has 5 nitrogen and oxygen atoms in total. The van der Waals surface area contributed by atoms with Crippen LogP contribution in [0.4, 0.5) is 5.69 Å². The summed E-state index contributed by atoms with van der Waals surface area (Å²) in [6.07, 6.45) is 0.261. The summed E-state index contributed by atoms with van der Waals surface area (Å²) in [6.45, 7) is 4.25. The Kier molecular flexibility index (Phi) is 7.47. The van der Waals surface area contributed by atoms with Gasteiger partial charge >= 0.3 is 0 Å². The first-order valence-electron chi connectivity index (χ1n) is 10.2. The maximum Gasteiger partial charge on any atom is 0.251 e. The van der Waals surface area contributed by atoms with Crippen molar-refractivity contribution in [2.75, 3.05) is 19.5 Å². The third-order valence-corrected chi connectivity index (χ3v) is 6.09. The second-order valence-corrected chi connectivity index (χ2v) is 8.73. The van der Waals surface area contributed by atoms with Crippen LogP contribution in [0.15, 0.2) is 66.0 Å². The number of carbonyl (C=O) groups excluding carboxylic acids is 2. The largest absolute Gasteiger partial charge is 0.497 e. The Balaban J connectivity index is 1.84. The van der Waals surface area contributed by atoms with E-state index in [-0.39, 0.29) is 18.2 Å². The molecule has 0 aliphatic carbocycles. The Labute approximate surface area is 187 Å². The number of anilines is 1. The number of thiophene rings is 1. The monoisotopic (exact) mass is 436 g/mol. The van der Waals surface area contributed by atoms with E-state index in [1.54, 1.807) is 26.3 Å². The van der Waals surface area contributed by atoms with Gasteiger partial charge in [-0.2, -0.15) is 0 Å². The number of methoxy groups -OCH3 is 1. The number of carbonyl (C=O) groups is 2. The van der Waals surface area contributed by atoms with Crippen molar-refractivity contribution in [3.05, 3.63) is 82.0 Å². The highest BCUT2D eigenvalue weighted by Gasteiger charge is 2.29. The van der Waals surface area contributed by atoms with Crippen molar-refractivity contribution < 1.29 is 14.3 Å². The van der Waals surface area contributed by atoms with Crippen molar-refractivity contribution in [2.24, 2.45) is 0 Å². The fourth-order valence-electron chi connectivity index (χ4n) is 3.33. The molecule has 0 radical (unpaired) electrons. The Hall–Kier alpha value is -3.12. The SMILES string of the molecule is COc1ccc(C(C(=O)Nc2ccc(C(C)C)cc2)N(C)C(=O)Cc2cccs2)cc1. The number of nitrogens with one attached hydrogen (secondary N) is 1. The van der Waals surface area contributed by atoms with E-state index in [1.165, 1.54) is 21.8 Å². The molecule has 2 aromatic carbocycles. The highest BCUT2D eigenvalue weighted by Crippen LogP contribution is 2.26. The van der Waals surface area contributed by atoms with Gasteiger partial charge in [-0.3, -0.25) is 9.59 Å². The minimum Gasteiger partial charge on any atom is -0.497 e. The van der Waals surface area contributed by atoms with Crippen molar-refractivity contribution in [1.82, 2.24) is 4.90 Å². The molecule has 0 spiro atoms. The van der Waals surface area contributed by atoms with Gasteiger partial charge in [-0.15, -0.1) is 11.3 Å². The van der Waals surface area contributed by atoms with Crippen LogP contribution in [0.3, 0.4) is 0 Å². The predicted octanol–water partition coefficient (Wildman–Crippen LogP) is 5.26. The first-order chi connectivity index (χ1) is 14.9. The van der Waals surface area contributed by atoms with Gasteiger partial charge in [0.25, 0.3) is 5.91 Å². The van der Waals surface area contributed by atoms with E-state index in [4.69, 9.17) is 4.74 Å². The van der Waals surface area contributed by atoms with Gasteiger partial charge in [0, 0.05) is 17.6 Å². The topological polar surface area (TPSA) is 58.6 Å². The van der Waals surface area contributed by atoms with Crippen LogP contribution in [-0.4, -0.2) is 30.9 Å². The predicted molar refractivity (Wildman–Crippen MR) is 126 cm³/mol. The quantitative estimate of drug-likeness (QED) is 0.524. The Bertz CT molecular complexity index is 996. The van der Waals surface area contributed by atoms with Gasteiger partial charge < -0.3 is 15.0 Å². The molecule has 0 aliphatic rings. The lowest BCUT2D eigenvalue weighted by atomic mass is 10.0. The summed E-state index contributed by atoms with van der Waals surface area (Å²) in [4.78, 5) is 28.7. The fraction of sp³-hybridized carbons (Fsp3) is 0.280. The smallest absolute Gasteiger partial charge is 0.251 e. The molecule has 1 heterocycles. The van der Waals surface area contributed by atoms with Crippen LogP contribution in [0.5, 0.6) is 5.75 Å². The molecule has 0 saturated carbocycles. The van der Waals surface area contributed by atoms with E-state index >= 15 is 0 Å². The third-order valence-electron chi connectivity index (χ3n) is 5.21. The van der Waals surface area contributed by atoms with Gasteiger partial charge in [-0.05, 0) is 52.8 Å². The molecule has 31 heavy (non-hydrogen) atoms. The number of hydrogen-bond donors (Lipinski definition) is 1. The summed E-state index contributed by atoms with van der Waals surface area (Å²) in [5.41, 5.74) is 2.62. The van der Waals surface area contributed by atoms with E-state index in [0.717, 1.165) is 10.4 Å². The maximum atomic E-state index is 13.3. The van der Waals surface area contributed by atoms with E-state index in [2.05, 4.69) is 19.2 Å². The van der Waals surface area contributed by atoms with Gasteiger partial charge in [-0.25, -0.2) is 0 Å². The van der Waals surface area contributed by atoms with Crippen molar-refractivity contribution in [2.45, 2.75) is 32.2 Å². The number of likely N-dealkylation sites (N-methyl/N-ethyl adjacent to an activating group) is 1. The minimum absolute atomic E-state index is 0.117. The minimum atomic E-state index is -0.761. The standard InChI is InChI=1S/C25H28N2O3S/c1-17(2)18-7-11-20(12-8-18)26-25(29)24(19-9-13-21(30-4)14-10-19)27(3)23(28)16-22-6-5-15-31-22/h5-15,17,24H,16H2,1-4H3,(H,26,29). The zero-order chi connectivity index (χ0) is 22.4. The third kappa shape index (κ3) is 5.73. The summed E-state index contributed by atoms with van der Waals surface area (Å²) in [5.74, 6) is 0.732. The molecule has 1 N–H and O–H groups in total. The van der Waals surface area contributed by atoms with Crippen LogP contribution in [0.25, 0.3) is 0 Å². The molecule has 162 valence electrons. The molecule has 3 rings (SSSR count). The molecule has 0 aliphatic heterocycles. The van der Waals surface area contributed by atoms with Gasteiger partial charge in [0.15, 0.2) is 0 Å². The number of ether oxygens (including phenoxy) is 1. The molecule has 1 unspecified atom stereocenters. The highest BCUT2D eigenvalue weighted by molar-refractivity contribution is 7.10. The molecular weight excluding hydrogens is 408 g/mol. The van der Waals surface area contributed by atoms with Crippen molar-refractivity contribution in [1.29, 1.82) is 0 Å². The zero-order valence-corrected chi connectivity index (χ0v) is 19.1. The summed E-state index contributed by atoms with van der Waals surface area (Å²) in [7, 11) is 3.27. The summed E-state index contributed by atoms with van der Waals surface area (Å²) >= 11 is 1.53. The number of amides is 2. The van der Waals surface area contributed by atoms with Gasteiger partial charge in [0.2, 0.25) is 5.91 Å². The Morgan fingerprint density at radius 1 is 1.00 bits per heavy atom. The molecule has 1 atom stereocenters. The molecule has 6 heteroatoms. The molecular formula is C25H28N2O3S. The number of rotatable bonds is 8. The molecule has 0 bridgehead atoms. The normalized spacial score (nSPS) is 11.8.